The average Bonchev–Trinajstić information content (AvgIpc) is 2.61. The molecule has 6 nitrogen and oxygen atoms in total. The minimum atomic E-state index is -3.43. The van der Waals surface area contributed by atoms with Gasteiger partial charge in [0.05, 0.1) is 25.1 Å². The lowest BCUT2D eigenvalue weighted by Gasteiger charge is -2.21. The molecule has 2 aromatic rings. The molecule has 1 atom stereocenters. The van der Waals surface area contributed by atoms with Crippen molar-refractivity contribution < 1.29 is 17.9 Å². The highest BCUT2D eigenvalue weighted by Crippen LogP contribution is 2.32. The number of rotatable bonds is 7. The molecule has 0 bridgehead atoms. The molecule has 0 aliphatic heterocycles. The van der Waals surface area contributed by atoms with Crippen LogP contribution in [0.4, 0.5) is 5.69 Å². The van der Waals surface area contributed by atoms with Crippen molar-refractivity contribution in [2.45, 2.75) is 46.6 Å². The summed E-state index contributed by atoms with van der Waals surface area (Å²) in [5, 5.41) is 3.01. The molecule has 2 N–H and O–H groups in total. The summed E-state index contributed by atoms with van der Waals surface area (Å²) in [6.07, 6.45) is 1.08. The minimum absolute atomic E-state index is 0.224. The summed E-state index contributed by atoms with van der Waals surface area (Å²) in [5.74, 6) is 0.860. The monoisotopic (exact) mass is 418 g/mol. The lowest BCUT2D eigenvalue weighted by Crippen LogP contribution is -2.27. The number of carbonyl (C=O) groups is 1. The standard InChI is InChI=1S/C22H30N2O4S/c1-13(2)18-12-19(15(4)10-21(18)28-6)16(5)23-22(25)17-9-8-14(3)20(11-17)24-29(7,26)27/h8-13,16,24H,1-7H3,(H,23,25)/t16-/m0/s1. The first kappa shape index (κ1) is 22.7. The first-order valence-corrected chi connectivity index (χ1v) is 11.4. The quantitative estimate of drug-likeness (QED) is 0.702. The summed E-state index contributed by atoms with van der Waals surface area (Å²) in [6.45, 7) is 9.91. The Bertz CT molecular complexity index is 1010. The van der Waals surface area contributed by atoms with Crippen LogP contribution in [0, 0.1) is 13.8 Å². The Labute approximate surface area is 173 Å². The number of ether oxygens (including phenoxy) is 1. The summed E-state index contributed by atoms with van der Waals surface area (Å²) >= 11 is 0. The van der Waals surface area contributed by atoms with E-state index in [0.29, 0.717) is 11.3 Å². The number of amides is 1. The first-order valence-electron chi connectivity index (χ1n) is 9.50. The predicted molar refractivity (Wildman–Crippen MR) is 117 cm³/mol. The van der Waals surface area contributed by atoms with Crippen molar-refractivity contribution in [1.29, 1.82) is 0 Å². The maximum Gasteiger partial charge on any atom is 0.251 e. The molecule has 158 valence electrons. The number of nitrogens with one attached hydrogen (secondary N) is 2. The number of sulfonamides is 1. The normalized spacial score (nSPS) is 12.6. The highest BCUT2D eigenvalue weighted by Gasteiger charge is 2.18. The van der Waals surface area contributed by atoms with Gasteiger partial charge in [0.2, 0.25) is 10.0 Å². The third-order valence-electron chi connectivity index (χ3n) is 4.85. The second kappa shape index (κ2) is 8.86. The fraction of sp³-hybridized carbons (Fsp3) is 0.409. The van der Waals surface area contributed by atoms with Crippen molar-refractivity contribution in [1.82, 2.24) is 5.32 Å². The minimum Gasteiger partial charge on any atom is -0.496 e. The van der Waals surface area contributed by atoms with Gasteiger partial charge in [-0.15, -0.1) is 0 Å². The van der Waals surface area contributed by atoms with E-state index in [9.17, 15) is 13.2 Å². The van der Waals surface area contributed by atoms with E-state index in [-0.39, 0.29) is 17.9 Å². The zero-order chi connectivity index (χ0) is 21.9. The molecule has 2 rings (SSSR count). The van der Waals surface area contributed by atoms with Crippen LogP contribution in [0.2, 0.25) is 0 Å². The Morgan fingerprint density at radius 1 is 1.00 bits per heavy atom. The van der Waals surface area contributed by atoms with Gasteiger partial charge >= 0.3 is 0 Å². The Morgan fingerprint density at radius 2 is 1.66 bits per heavy atom. The summed E-state index contributed by atoms with van der Waals surface area (Å²) in [6, 6.07) is 8.81. The molecule has 7 heteroatoms. The second-order valence-corrected chi connectivity index (χ2v) is 9.45. The van der Waals surface area contributed by atoms with E-state index in [0.717, 1.165) is 34.3 Å². The Kier molecular flexibility index (Phi) is 6.95. The van der Waals surface area contributed by atoms with E-state index < -0.39 is 10.0 Å². The van der Waals surface area contributed by atoms with Crippen molar-refractivity contribution in [3.05, 3.63) is 58.1 Å². The molecule has 0 aliphatic rings. The van der Waals surface area contributed by atoms with Gasteiger partial charge in [-0.2, -0.15) is 0 Å². The third kappa shape index (κ3) is 5.73. The lowest BCUT2D eigenvalue weighted by atomic mass is 9.93. The Balaban J connectivity index is 2.30. The van der Waals surface area contributed by atoms with Crippen molar-refractivity contribution in [3.63, 3.8) is 0 Å². The average molecular weight is 419 g/mol. The molecule has 0 aromatic heterocycles. The molecule has 0 aliphatic carbocycles. The maximum absolute atomic E-state index is 12.8. The van der Waals surface area contributed by atoms with Gasteiger partial charge in [-0.3, -0.25) is 9.52 Å². The molecule has 0 radical (unpaired) electrons. The number of carbonyl (C=O) groups excluding carboxylic acids is 1. The van der Waals surface area contributed by atoms with Crippen molar-refractivity contribution in [2.24, 2.45) is 0 Å². The molecule has 2 aromatic carbocycles. The Morgan fingerprint density at radius 3 is 2.21 bits per heavy atom. The summed E-state index contributed by atoms with van der Waals surface area (Å²) in [7, 11) is -1.77. The van der Waals surface area contributed by atoms with Crippen molar-refractivity contribution in [2.75, 3.05) is 18.1 Å². The maximum atomic E-state index is 12.8. The van der Waals surface area contributed by atoms with Gasteiger partial charge in [-0.05, 0) is 73.2 Å². The van der Waals surface area contributed by atoms with Crippen molar-refractivity contribution in [3.8, 4) is 5.75 Å². The van der Waals surface area contributed by atoms with Gasteiger partial charge in [-0.25, -0.2) is 8.42 Å². The van der Waals surface area contributed by atoms with Gasteiger partial charge in [0.25, 0.3) is 5.91 Å². The fourth-order valence-corrected chi connectivity index (χ4v) is 3.86. The van der Waals surface area contributed by atoms with E-state index in [1.807, 2.05) is 19.9 Å². The highest BCUT2D eigenvalue weighted by atomic mass is 32.2. The van der Waals surface area contributed by atoms with E-state index >= 15 is 0 Å². The Hall–Kier alpha value is -2.54. The number of hydrogen-bond acceptors (Lipinski definition) is 4. The van der Waals surface area contributed by atoms with Gasteiger partial charge < -0.3 is 10.1 Å². The van der Waals surface area contributed by atoms with E-state index in [1.54, 1.807) is 32.2 Å². The third-order valence-corrected chi connectivity index (χ3v) is 5.44. The fourth-order valence-electron chi connectivity index (χ4n) is 3.24. The number of methoxy groups -OCH3 is 1. The second-order valence-electron chi connectivity index (χ2n) is 7.70. The molecule has 0 fully saturated rings. The smallest absolute Gasteiger partial charge is 0.251 e. The number of hydrogen-bond donors (Lipinski definition) is 2. The van der Waals surface area contributed by atoms with Crippen molar-refractivity contribution >= 4 is 21.6 Å². The summed E-state index contributed by atoms with van der Waals surface area (Å²) in [4.78, 5) is 12.8. The van der Waals surface area contributed by atoms with E-state index in [4.69, 9.17) is 4.74 Å². The SMILES string of the molecule is COc1cc(C)c([C@H](C)NC(=O)c2ccc(C)c(NS(C)(=O)=O)c2)cc1C(C)C. The molecular formula is C22H30N2O4S. The van der Waals surface area contributed by atoms with Crippen LogP contribution in [0.15, 0.2) is 30.3 Å². The molecule has 29 heavy (non-hydrogen) atoms. The van der Waals surface area contributed by atoms with Gasteiger partial charge in [-0.1, -0.05) is 19.9 Å². The topological polar surface area (TPSA) is 84.5 Å². The van der Waals surface area contributed by atoms with Crippen LogP contribution < -0.4 is 14.8 Å². The molecule has 0 saturated heterocycles. The largest absolute Gasteiger partial charge is 0.496 e. The zero-order valence-electron chi connectivity index (χ0n) is 18.1. The van der Waals surface area contributed by atoms with Gasteiger partial charge in [0.15, 0.2) is 0 Å². The molecule has 0 spiro atoms. The number of anilines is 1. The van der Waals surface area contributed by atoms with Gasteiger partial charge in [0, 0.05) is 5.56 Å². The highest BCUT2D eigenvalue weighted by molar-refractivity contribution is 7.92. The lowest BCUT2D eigenvalue weighted by molar-refractivity contribution is 0.0940. The molecular weight excluding hydrogens is 388 g/mol. The van der Waals surface area contributed by atoms with Crippen LogP contribution >= 0.6 is 0 Å². The first-order chi connectivity index (χ1) is 13.4. The summed E-state index contributed by atoms with van der Waals surface area (Å²) in [5.41, 5.74) is 4.67. The molecule has 1 amide bonds. The predicted octanol–water partition coefficient (Wildman–Crippen LogP) is 4.30. The van der Waals surface area contributed by atoms with Crippen LogP contribution in [0.5, 0.6) is 5.75 Å². The summed E-state index contributed by atoms with van der Waals surface area (Å²) < 4.78 is 31.0. The van der Waals surface area contributed by atoms with Crippen LogP contribution in [-0.2, 0) is 10.0 Å². The van der Waals surface area contributed by atoms with Crippen LogP contribution in [-0.4, -0.2) is 27.7 Å². The van der Waals surface area contributed by atoms with Crippen LogP contribution in [0.25, 0.3) is 0 Å². The molecule has 0 saturated carbocycles. The zero-order valence-corrected chi connectivity index (χ0v) is 18.9. The number of aryl methyl sites for hydroxylation is 2. The van der Waals surface area contributed by atoms with E-state index in [1.165, 1.54) is 0 Å². The van der Waals surface area contributed by atoms with Gasteiger partial charge in [0.1, 0.15) is 5.75 Å². The number of benzene rings is 2. The van der Waals surface area contributed by atoms with Crippen LogP contribution in [0.1, 0.15) is 65.3 Å². The van der Waals surface area contributed by atoms with E-state index in [2.05, 4.69) is 30.0 Å². The molecule has 0 unspecified atom stereocenters. The molecule has 0 heterocycles. The van der Waals surface area contributed by atoms with Crippen LogP contribution in [0.3, 0.4) is 0 Å².